The van der Waals surface area contributed by atoms with E-state index < -0.39 is 0 Å². The van der Waals surface area contributed by atoms with Crippen molar-refractivity contribution in [3.63, 3.8) is 0 Å². The molecule has 96 valence electrons. The normalized spacial score (nSPS) is 32.6. The Bertz CT molecular complexity index is 182. The van der Waals surface area contributed by atoms with Crippen LogP contribution in [0.5, 0.6) is 0 Å². The van der Waals surface area contributed by atoms with Crippen molar-refractivity contribution in [2.45, 2.75) is 53.0 Å². The van der Waals surface area contributed by atoms with Crippen LogP contribution in [0.2, 0.25) is 0 Å². The first-order valence-corrected chi connectivity index (χ1v) is 8.15. The summed E-state index contributed by atoms with van der Waals surface area (Å²) < 4.78 is 0. The Morgan fingerprint density at radius 2 is 1.94 bits per heavy atom. The van der Waals surface area contributed by atoms with Gasteiger partial charge in [-0.2, -0.15) is 11.8 Å². The molecule has 1 aliphatic rings. The first-order chi connectivity index (χ1) is 7.69. The monoisotopic (exact) mass is 243 g/mol. The number of rotatable bonds is 6. The molecule has 4 atom stereocenters. The molecule has 0 heterocycles. The van der Waals surface area contributed by atoms with Crippen LogP contribution in [0.1, 0.15) is 47.0 Å². The second-order valence-electron chi connectivity index (χ2n) is 5.35. The van der Waals surface area contributed by atoms with E-state index >= 15 is 0 Å². The fourth-order valence-corrected chi connectivity index (χ4v) is 3.70. The molecule has 1 aliphatic carbocycles. The van der Waals surface area contributed by atoms with Gasteiger partial charge in [0.15, 0.2) is 0 Å². The van der Waals surface area contributed by atoms with Crippen molar-refractivity contribution in [2.24, 2.45) is 17.8 Å². The van der Waals surface area contributed by atoms with E-state index in [4.69, 9.17) is 0 Å². The molecule has 0 radical (unpaired) electrons. The Morgan fingerprint density at radius 1 is 1.19 bits per heavy atom. The van der Waals surface area contributed by atoms with Crippen LogP contribution in [0.15, 0.2) is 0 Å². The van der Waals surface area contributed by atoms with Gasteiger partial charge in [0.05, 0.1) is 0 Å². The zero-order valence-electron chi connectivity index (χ0n) is 11.5. The zero-order valence-corrected chi connectivity index (χ0v) is 12.3. The van der Waals surface area contributed by atoms with Crippen LogP contribution in [0.3, 0.4) is 0 Å². The third-order valence-electron chi connectivity index (χ3n) is 4.18. The molecule has 1 rings (SSSR count). The Hall–Kier alpha value is 0.310. The molecule has 0 aliphatic heterocycles. The van der Waals surface area contributed by atoms with Crippen LogP contribution in [0.25, 0.3) is 0 Å². The van der Waals surface area contributed by atoms with Crippen LogP contribution in [-0.4, -0.2) is 24.1 Å². The highest BCUT2D eigenvalue weighted by Crippen LogP contribution is 2.35. The second kappa shape index (κ2) is 7.60. The molecule has 0 aromatic rings. The molecular weight excluding hydrogens is 214 g/mol. The lowest BCUT2D eigenvalue weighted by Crippen LogP contribution is -2.41. The average molecular weight is 243 g/mol. The maximum absolute atomic E-state index is 3.70. The number of hydrogen-bond acceptors (Lipinski definition) is 2. The summed E-state index contributed by atoms with van der Waals surface area (Å²) in [6.45, 7) is 10.5. The first-order valence-electron chi connectivity index (χ1n) is 7.00. The highest BCUT2D eigenvalue weighted by Gasteiger charge is 2.29. The van der Waals surface area contributed by atoms with Gasteiger partial charge in [0, 0.05) is 11.8 Å². The molecule has 1 nitrogen and oxygen atoms in total. The van der Waals surface area contributed by atoms with Crippen molar-refractivity contribution in [2.75, 3.05) is 18.1 Å². The summed E-state index contributed by atoms with van der Waals surface area (Å²) in [5.41, 5.74) is 0. The van der Waals surface area contributed by atoms with Crippen LogP contribution in [0.4, 0.5) is 0 Å². The molecule has 1 fully saturated rings. The van der Waals surface area contributed by atoms with Gasteiger partial charge < -0.3 is 5.32 Å². The van der Waals surface area contributed by atoms with Gasteiger partial charge in [0.25, 0.3) is 0 Å². The lowest BCUT2D eigenvalue weighted by atomic mass is 9.73. The minimum Gasteiger partial charge on any atom is -0.313 e. The predicted molar refractivity (Wildman–Crippen MR) is 76.1 cm³/mol. The molecule has 2 heteroatoms. The van der Waals surface area contributed by atoms with Gasteiger partial charge in [0.1, 0.15) is 0 Å². The number of nitrogens with one attached hydrogen (secondary N) is 1. The Morgan fingerprint density at radius 3 is 2.50 bits per heavy atom. The van der Waals surface area contributed by atoms with Crippen LogP contribution in [-0.2, 0) is 0 Å². The third-order valence-corrected chi connectivity index (χ3v) is 5.18. The van der Waals surface area contributed by atoms with Crippen molar-refractivity contribution in [3.8, 4) is 0 Å². The van der Waals surface area contributed by atoms with Gasteiger partial charge >= 0.3 is 0 Å². The second-order valence-corrected chi connectivity index (χ2v) is 6.67. The van der Waals surface area contributed by atoms with Crippen molar-refractivity contribution >= 4 is 11.8 Å². The van der Waals surface area contributed by atoms with E-state index in [1.165, 1.54) is 30.8 Å². The van der Waals surface area contributed by atoms with Crippen molar-refractivity contribution in [1.82, 2.24) is 5.32 Å². The molecule has 4 unspecified atom stereocenters. The standard InChI is InChI=1S/C14H29NS/c1-5-15-14(10-16-6-2)13-8-7-11(3)12(4)9-13/h11-15H,5-10H2,1-4H3. The SMILES string of the molecule is CCNC(CSCC)C1CCC(C)C(C)C1. The van der Waals surface area contributed by atoms with Crippen molar-refractivity contribution in [3.05, 3.63) is 0 Å². The fraction of sp³-hybridized carbons (Fsp3) is 1.00. The van der Waals surface area contributed by atoms with E-state index in [9.17, 15) is 0 Å². The van der Waals surface area contributed by atoms with E-state index in [-0.39, 0.29) is 0 Å². The summed E-state index contributed by atoms with van der Waals surface area (Å²) in [4.78, 5) is 0. The van der Waals surface area contributed by atoms with Gasteiger partial charge in [-0.1, -0.05) is 34.1 Å². The van der Waals surface area contributed by atoms with E-state index in [0.717, 1.165) is 30.3 Å². The molecule has 1 saturated carbocycles. The maximum Gasteiger partial charge on any atom is 0.0186 e. The molecule has 0 aromatic heterocycles. The Labute approximate surface area is 106 Å². The van der Waals surface area contributed by atoms with Gasteiger partial charge in [-0.05, 0) is 42.9 Å². The largest absolute Gasteiger partial charge is 0.313 e. The first kappa shape index (κ1) is 14.4. The third kappa shape index (κ3) is 4.29. The highest BCUT2D eigenvalue weighted by molar-refractivity contribution is 7.99. The van der Waals surface area contributed by atoms with Crippen LogP contribution >= 0.6 is 11.8 Å². The van der Waals surface area contributed by atoms with Gasteiger partial charge in [-0.15, -0.1) is 0 Å². The summed E-state index contributed by atoms with van der Waals surface area (Å²) in [6, 6.07) is 0.755. The lowest BCUT2D eigenvalue weighted by Gasteiger charge is -2.37. The summed E-state index contributed by atoms with van der Waals surface area (Å²) in [5, 5.41) is 3.70. The molecular formula is C14H29NS. The van der Waals surface area contributed by atoms with Gasteiger partial charge in [-0.25, -0.2) is 0 Å². The molecule has 0 saturated heterocycles. The van der Waals surface area contributed by atoms with Gasteiger partial charge in [-0.3, -0.25) is 0 Å². The van der Waals surface area contributed by atoms with E-state index in [2.05, 4.69) is 44.8 Å². The number of thioether (sulfide) groups is 1. The van der Waals surface area contributed by atoms with Crippen LogP contribution in [0, 0.1) is 17.8 Å². The van der Waals surface area contributed by atoms with Gasteiger partial charge in [0.2, 0.25) is 0 Å². The molecule has 1 N–H and O–H groups in total. The summed E-state index contributed by atoms with van der Waals surface area (Å²) in [7, 11) is 0. The van der Waals surface area contributed by atoms with E-state index in [1.54, 1.807) is 0 Å². The topological polar surface area (TPSA) is 12.0 Å². The van der Waals surface area contributed by atoms with Crippen LogP contribution < -0.4 is 5.32 Å². The zero-order chi connectivity index (χ0) is 12.0. The Balaban J connectivity index is 2.43. The molecule has 0 amide bonds. The molecule has 0 spiro atoms. The maximum atomic E-state index is 3.70. The summed E-state index contributed by atoms with van der Waals surface area (Å²) in [6.07, 6.45) is 4.31. The Kier molecular flexibility index (Phi) is 6.83. The smallest absolute Gasteiger partial charge is 0.0186 e. The predicted octanol–water partition coefficient (Wildman–Crippen LogP) is 3.79. The summed E-state index contributed by atoms with van der Waals surface area (Å²) in [5.74, 6) is 5.34. The number of hydrogen-bond donors (Lipinski definition) is 1. The van der Waals surface area contributed by atoms with E-state index in [0.29, 0.717) is 0 Å². The highest BCUT2D eigenvalue weighted by atomic mass is 32.2. The quantitative estimate of drug-likeness (QED) is 0.762. The van der Waals surface area contributed by atoms with E-state index in [1.807, 2.05) is 0 Å². The molecule has 16 heavy (non-hydrogen) atoms. The molecule has 0 bridgehead atoms. The minimum atomic E-state index is 0.755. The van der Waals surface area contributed by atoms with Crippen molar-refractivity contribution in [1.29, 1.82) is 0 Å². The average Bonchev–Trinajstić information content (AvgIpc) is 2.28. The summed E-state index contributed by atoms with van der Waals surface area (Å²) >= 11 is 2.09. The fourth-order valence-electron chi connectivity index (χ4n) is 2.82. The molecule has 0 aromatic carbocycles. The lowest BCUT2D eigenvalue weighted by molar-refractivity contribution is 0.179. The van der Waals surface area contributed by atoms with Crippen molar-refractivity contribution < 1.29 is 0 Å². The minimum absolute atomic E-state index is 0.755.